The SMILES string of the molecule is Nc1cn(Cc2ccc(F)cc2)nc1-c1ccc(I)cc1. The van der Waals surface area contributed by atoms with Crippen LogP contribution in [0.4, 0.5) is 10.1 Å². The summed E-state index contributed by atoms with van der Waals surface area (Å²) in [7, 11) is 0. The molecule has 3 rings (SSSR count). The van der Waals surface area contributed by atoms with Crippen molar-refractivity contribution in [2.24, 2.45) is 0 Å². The Bertz CT molecular complexity index is 748. The summed E-state index contributed by atoms with van der Waals surface area (Å²) in [6.07, 6.45) is 1.80. The van der Waals surface area contributed by atoms with Gasteiger partial charge in [-0.2, -0.15) is 5.10 Å². The van der Waals surface area contributed by atoms with E-state index in [-0.39, 0.29) is 5.82 Å². The summed E-state index contributed by atoms with van der Waals surface area (Å²) in [6, 6.07) is 14.4. The van der Waals surface area contributed by atoms with E-state index in [1.165, 1.54) is 15.7 Å². The van der Waals surface area contributed by atoms with Gasteiger partial charge in [0.1, 0.15) is 11.5 Å². The lowest BCUT2D eigenvalue weighted by Crippen LogP contribution is -2.00. The molecule has 0 spiro atoms. The highest BCUT2D eigenvalue weighted by Crippen LogP contribution is 2.25. The molecule has 3 nitrogen and oxygen atoms in total. The highest BCUT2D eigenvalue weighted by atomic mass is 127. The van der Waals surface area contributed by atoms with Gasteiger partial charge in [0, 0.05) is 15.3 Å². The first-order valence-electron chi connectivity index (χ1n) is 6.45. The molecule has 0 fully saturated rings. The molecule has 2 N–H and O–H groups in total. The van der Waals surface area contributed by atoms with Gasteiger partial charge >= 0.3 is 0 Å². The van der Waals surface area contributed by atoms with Gasteiger partial charge in [-0.15, -0.1) is 0 Å². The van der Waals surface area contributed by atoms with E-state index in [2.05, 4.69) is 27.7 Å². The second kappa shape index (κ2) is 5.85. The number of benzene rings is 2. The topological polar surface area (TPSA) is 43.8 Å². The molecule has 0 saturated heterocycles. The second-order valence-corrected chi connectivity index (χ2v) is 6.01. The smallest absolute Gasteiger partial charge is 0.123 e. The third kappa shape index (κ3) is 3.24. The first kappa shape index (κ1) is 14.1. The van der Waals surface area contributed by atoms with Gasteiger partial charge < -0.3 is 5.73 Å². The lowest BCUT2D eigenvalue weighted by Gasteiger charge is -2.02. The molecule has 0 radical (unpaired) electrons. The molecular weight excluding hydrogens is 380 g/mol. The number of aromatic nitrogens is 2. The monoisotopic (exact) mass is 393 g/mol. The number of hydrogen-bond donors (Lipinski definition) is 1. The predicted molar refractivity (Wildman–Crippen MR) is 90.3 cm³/mol. The van der Waals surface area contributed by atoms with E-state index < -0.39 is 0 Å². The van der Waals surface area contributed by atoms with Crippen LogP contribution in [0.25, 0.3) is 11.3 Å². The van der Waals surface area contributed by atoms with Crippen molar-refractivity contribution in [2.75, 3.05) is 5.73 Å². The average Bonchev–Trinajstić information content (AvgIpc) is 2.83. The van der Waals surface area contributed by atoms with Crippen molar-refractivity contribution in [3.05, 3.63) is 69.7 Å². The zero-order chi connectivity index (χ0) is 14.8. The van der Waals surface area contributed by atoms with E-state index in [9.17, 15) is 4.39 Å². The van der Waals surface area contributed by atoms with Gasteiger partial charge in [0.2, 0.25) is 0 Å². The van der Waals surface area contributed by atoms with Crippen LogP contribution in [0.2, 0.25) is 0 Å². The van der Waals surface area contributed by atoms with Gasteiger partial charge in [0.15, 0.2) is 0 Å². The van der Waals surface area contributed by atoms with Gasteiger partial charge in [0.05, 0.1) is 12.2 Å². The molecule has 0 saturated carbocycles. The van der Waals surface area contributed by atoms with Crippen molar-refractivity contribution >= 4 is 28.3 Å². The highest BCUT2D eigenvalue weighted by Gasteiger charge is 2.09. The van der Waals surface area contributed by atoms with Crippen LogP contribution in [-0.4, -0.2) is 9.78 Å². The van der Waals surface area contributed by atoms with E-state index in [1.807, 2.05) is 24.3 Å². The van der Waals surface area contributed by atoms with Crippen molar-refractivity contribution < 1.29 is 4.39 Å². The molecule has 1 heterocycles. The summed E-state index contributed by atoms with van der Waals surface area (Å²) in [5, 5.41) is 4.52. The van der Waals surface area contributed by atoms with Crippen molar-refractivity contribution in [1.82, 2.24) is 9.78 Å². The fraction of sp³-hybridized carbons (Fsp3) is 0.0625. The molecule has 0 atom stereocenters. The Morgan fingerprint density at radius 2 is 1.71 bits per heavy atom. The number of rotatable bonds is 3. The molecule has 0 amide bonds. The van der Waals surface area contributed by atoms with Gasteiger partial charge in [0.25, 0.3) is 0 Å². The van der Waals surface area contributed by atoms with Crippen LogP contribution < -0.4 is 5.73 Å². The Hall–Kier alpha value is -1.89. The zero-order valence-electron chi connectivity index (χ0n) is 11.1. The van der Waals surface area contributed by atoms with Crippen LogP contribution in [0.1, 0.15) is 5.56 Å². The third-order valence-corrected chi connectivity index (χ3v) is 3.88. The highest BCUT2D eigenvalue weighted by molar-refractivity contribution is 14.1. The largest absolute Gasteiger partial charge is 0.396 e. The fourth-order valence-electron chi connectivity index (χ4n) is 2.13. The minimum atomic E-state index is -0.238. The number of nitrogens with two attached hydrogens (primary N) is 1. The number of anilines is 1. The summed E-state index contributed by atoms with van der Waals surface area (Å²) in [4.78, 5) is 0. The van der Waals surface area contributed by atoms with Crippen LogP contribution in [0.15, 0.2) is 54.7 Å². The number of nitrogen functional groups attached to an aromatic ring is 1. The molecule has 106 valence electrons. The standard InChI is InChI=1S/C16H13FIN3/c17-13-5-1-11(2-6-13)9-21-10-15(19)16(20-21)12-3-7-14(18)8-4-12/h1-8,10H,9,19H2. The molecule has 0 unspecified atom stereocenters. The minimum Gasteiger partial charge on any atom is -0.396 e. The van der Waals surface area contributed by atoms with Gasteiger partial charge in [-0.3, -0.25) is 4.68 Å². The van der Waals surface area contributed by atoms with Crippen LogP contribution in [-0.2, 0) is 6.54 Å². The van der Waals surface area contributed by atoms with Crippen LogP contribution in [0, 0.1) is 9.39 Å². The van der Waals surface area contributed by atoms with Crippen molar-refractivity contribution in [1.29, 1.82) is 0 Å². The number of hydrogen-bond acceptors (Lipinski definition) is 2. The second-order valence-electron chi connectivity index (χ2n) is 4.76. The van der Waals surface area contributed by atoms with Crippen molar-refractivity contribution in [3.8, 4) is 11.3 Å². The van der Waals surface area contributed by atoms with E-state index in [1.54, 1.807) is 23.0 Å². The third-order valence-electron chi connectivity index (χ3n) is 3.17. The Morgan fingerprint density at radius 3 is 2.38 bits per heavy atom. The van der Waals surface area contributed by atoms with Crippen LogP contribution >= 0.6 is 22.6 Å². The molecule has 0 aliphatic rings. The van der Waals surface area contributed by atoms with Crippen LogP contribution in [0.3, 0.4) is 0 Å². The normalized spacial score (nSPS) is 10.8. The minimum absolute atomic E-state index is 0.238. The molecule has 2 aromatic carbocycles. The number of halogens is 2. The molecule has 0 aliphatic carbocycles. The maximum Gasteiger partial charge on any atom is 0.123 e. The molecule has 21 heavy (non-hydrogen) atoms. The zero-order valence-corrected chi connectivity index (χ0v) is 13.3. The summed E-state index contributed by atoms with van der Waals surface area (Å²) in [5.41, 5.74) is 9.42. The molecule has 5 heteroatoms. The Morgan fingerprint density at radius 1 is 1.05 bits per heavy atom. The Balaban J connectivity index is 1.87. The Kier molecular flexibility index (Phi) is 3.92. The summed E-state index contributed by atoms with van der Waals surface area (Å²) in [5.74, 6) is -0.238. The van der Waals surface area contributed by atoms with Gasteiger partial charge in [-0.05, 0) is 52.4 Å². The summed E-state index contributed by atoms with van der Waals surface area (Å²) in [6.45, 7) is 0.564. The van der Waals surface area contributed by atoms with E-state index in [0.29, 0.717) is 12.2 Å². The first-order chi connectivity index (χ1) is 10.1. The quantitative estimate of drug-likeness (QED) is 0.686. The van der Waals surface area contributed by atoms with E-state index in [0.717, 1.165) is 16.8 Å². The summed E-state index contributed by atoms with van der Waals surface area (Å²) >= 11 is 2.26. The van der Waals surface area contributed by atoms with E-state index in [4.69, 9.17) is 5.73 Å². The summed E-state index contributed by atoms with van der Waals surface area (Å²) < 4.78 is 15.8. The predicted octanol–water partition coefficient (Wildman–Crippen LogP) is 3.92. The molecule has 1 aromatic heterocycles. The maximum absolute atomic E-state index is 12.9. The van der Waals surface area contributed by atoms with Gasteiger partial charge in [-0.1, -0.05) is 24.3 Å². The molecular formula is C16H13FIN3. The van der Waals surface area contributed by atoms with Crippen molar-refractivity contribution in [3.63, 3.8) is 0 Å². The first-order valence-corrected chi connectivity index (χ1v) is 7.53. The lowest BCUT2D eigenvalue weighted by atomic mass is 10.1. The molecule has 0 bridgehead atoms. The number of nitrogens with zero attached hydrogens (tertiary/aromatic N) is 2. The fourth-order valence-corrected chi connectivity index (χ4v) is 2.49. The van der Waals surface area contributed by atoms with Crippen LogP contribution in [0.5, 0.6) is 0 Å². The maximum atomic E-state index is 12.9. The average molecular weight is 393 g/mol. The molecule has 0 aliphatic heterocycles. The lowest BCUT2D eigenvalue weighted by molar-refractivity contribution is 0.624. The molecule has 3 aromatic rings. The van der Waals surface area contributed by atoms with Gasteiger partial charge in [-0.25, -0.2) is 4.39 Å². The van der Waals surface area contributed by atoms with E-state index >= 15 is 0 Å². The van der Waals surface area contributed by atoms with Crippen molar-refractivity contribution in [2.45, 2.75) is 6.54 Å². The Labute approximate surface area is 135 Å².